The molecule has 1 aromatic carbocycles. The molecule has 0 atom stereocenters. The van der Waals surface area contributed by atoms with E-state index in [-0.39, 0.29) is 18.5 Å². The van der Waals surface area contributed by atoms with Gasteiger partial charge in [0.25, 0.3) is 5.91 Å². The topological polar surface area (TPSA) is 129 Å². The quantitative estimate of drug-likeness (QED) is 0.324. The van der Waals surface area contributed by atoms with Crippen molar-refractivity contribution in [2.45, 2.75) is 6.92 Å². The molecule has 0 aliphatic heterocycles. The Morgan fingerprint density at radius 1 is 1.15 bits per heavy atom. The molecule has 0 aliphatic rings. The Hall–Kier alpha value is -2.66. The van der Waals surface area contributed by atoms with Crippen molar-refractivity contribution in [3.05, 3.63) is 39.0 Å². The van der Waals surface area contributed by atoms with Crippen LogP contribution >= 0.6 is 31.9 Å². The van der Waals surface area contributed by atoms with Crippen molar-refractivity contribution in [3.63, 3.8) is 0 Å². The maximum absolute atomic E-state index is 12.3. The first-order valence-corrected chi connectivity index (χ1v) is 9.29. The third kappa shape index (κ3) is 4.37. The first-order chi connectivity index (χ1) is 12.9. The number of fused-ring (bicyclic) bond motifs is 1. The minimum Gasteiger partial charge on any atom is -0.459 e. The number of nitrogens with zero attached hydrogens (tertiary/aromatic N) is 1. The molecule has 4 N–H and O–H groups in total. The van der Waals surface area contributed by atoms with E-state index < -0.39 is 11.9 Å². The molecule has 0 bridgehead atoms. The highest BCUT2D eigenvalue weighted by Crippen LogP contribution is 2.24. The Bertz CT molecular complexity index is 1020. The van der Waals surface area contributed by atoms with Crippen LogP contribution in [0.15, 0.2) is 33.3 Å². The molecule has 9 nitrogen and oxygen atoms in total. The number of H-pyrrole nitrogens is 2. The van der Waals surface area contributed by atoms with Gasteiger partial charge in [-0.3, -0.25) is 14.9 Å². The van der Waals surface area contributed by atoms with Gasteiger partial charge in [-0.1, -0.05) is 0 Å². The summed E-state index contributed by atoms with van der Waals surface area (Å²) in [4.78, 5) is 45.4. The number of hydrogen-bond donors (Lipinski definition) is 4. The van der Waals surface area contributed by atoms with Crippen molar-refractivity contribution in [1.82, 2.24) is 15.0 Å². The van der Waals surface area contributed by atoms with E-state index in [1.165, 1.54) is 0 Å². The molecule has 140 valence electrons. The number of nitrogens with one attached hydrogen (secondary N) is 4. The number of esters is 1. The lowest BCUT2D eigenvalue weighted by atomic mass is 10.3. The highest BCUT2D eigenvalue weighted by Gasteiger charge is 2.16. The lowest BCUT2D eigenvalue weighted by Crippen LogP contribution is -2.24. The Labute approximate surface area is 169 Å². The monoisotopic (exact) mass is 497 g/mol. The van der Waals surface area contributed by atoms with Crippen LogP contribution in [0, 0.1) is 0 Å². The Morgan fingerprint density at radius 3 is 2.59 bits per heavy atom. The molecule has 27 heavy (non-hydrogen) atoms. The molecule has 3 rings (SSSR count). The number of carbonyl (C=O) groups is 3. The van der Waals surface area contributed by atoms with E-state index in [9.17, 15) is 14.4 Å². The molecule has 0 saturated heterocycles. The predicted octanol–water partition coefficient (Wildman–Crippen LogP) is 3.17. The van der Waals surface area contributed by atoms with Crippen LogP contribution in [-0.2, 0) is 14.3 Å². The summed E-state index contributed by atoms with van der Waals surface area (Å²) >= 11 is 6.57. The maximum Gasteiger partial charge on any atom is 0.397 e. The van der Waals surface area contributed by atoms with Crippen LogP contribution in [0.2, 0.25) is 0 Å². The second kappa shape index (κ2) is 7.92. The minimum absolute atomic E-state index is 0.114. The molecule has 2 heterocycles. The van der Waals surface area contributed by atoms with Crippen LogP contribution in [-0.4, -0.2) is 39.3 Å². The molecule has 0 saturated carbocycles. The number of imidazole rings is 1. The fourth-order valence-electron chi connectivity index (χ4n) is 2.23. The average Bonchev–Trinajstić information content (AvgIpc) is 3.17. The second-order valence-corrected chi connectivity index (χ2v) is 6.94. The number of aromatic amines is 2. The van der Waals surface area contributed by atoms with Crippen molar-refractivity contribution in [1.29, 1.82) is 0 Å². The summed E-state index contributed by atoms with van der Waals surface area (Å²) in [6.07, 6.45) is 0. The third-order valence-electron chi connectivity index (χ3n) is 3.40. The number of ether oxygens (including phenoxy) is 1. The van der Waals surface area contributed by atoms with Gasteiger partial charge in [-0.2, -0.15) is 0 Å². The standard InChI is InChI=1S/C16H13Br2N5O4/c1-2-27-15(26)14(25)19-7-3-4-9-10(5-7)22-16(21-9)23-13(24)11-6-8(17)12(18)20-11/h3-6,20H,2H2,1H3,(H,19,25)(H2,21,22,23,24). The van der Waals surface area contributed by atoms with E-state index in [4.69, 9.17) is 0 Å². The van der Waals surface area contributed by atoms with Crippen molar-refractivity contribution >= 4 is 72.3 Å². The van der Waals surface area contributed by atoms with Crippen LogP contribution in [0.25, 0.3) is 11.0 Å². The summed E-state index contributed by atoms with van der Waals surface area (Å²) in [5, 5.41) is 5.08. The third-order valence-corrected chi connectivity index (χ3v) is 5.19. The van der Waals surface area contributed by atoms with E-state index in [1.54, 1.807) is 31.2 Å². The number of aromatic nitrogens is 3. The highest BCUT2D eigenvalue weighted by atomic mass is 79.9. The first-order valence-electron chi connectivity index (χ1n) is 7.70. The van der Waals surface area contributed by atoms with Gasteiger partial charge in [-0.05, 0) is 63.0 Å². The van der Waals surface area contributed by atoms with Gasteiger partial charge >= 0.3 is 11.9 Å². The van der Waals surface area contributed by atoms with Crippen molar-refractivity contribution in [2.24, 2.45) is 0 Å². The van der Waals surface area contributed by atoms with Crippen LogP contribution < -0.4 is 10.6 Å². The van der Waals surface area contributed by atoms with Gasteiger partial charge in [0.05, 0.1) is 26.7 Å². The summed E-state index contributed by atoms with van der Waals surface area (Å²) in [5.74, 6) is -1.97. The number of halogens is 2. The lowest BCUT2D eigenvalue weighted by Gasteiger charge is -2.04. The Morgan fingerprint density at radius 2 is 1.93 bits per heavy atom. The van der Waals surface area contributed by atoms with Crippen molar-refractivity contribution in [3.8, 4) is 0 Å². The number of rotatable bonds is 4. The van der Waals surface area contributed by atoms with Crippen molar-refractivity contribution in [2.75, 3.05) is 17.2 Å². The van der Waals surface area contributed by atoms with Gasteiger partial charge in [0, 0.05) is 5.69 Å². The molecular formula is C16H13Br2N5O4. The lowest BCUT2D eigenvalue weighted by molar-refractivity contribution is -0.152. The van der Waals surface area contributed by atoms with Gasteiger partial charge in [0.1, 0.15) is 5.69 Å². The van der Waals surface area contributed by atoms with E-state index >= 15 is 0 Å². The zero-order valence-electron chi connectivity index (χ0n) is 13.9. The number of benzene rings is 1. The minimum atomic E-state index is -0.960. The fraction of sp³-hybridized carbons (Fsp3) is 0.125. The van der Waals surface area contributed by atoms with Gasteiger partial charge in [0.2, 0.25) is 5.95 Å². The van der Waals surface area contributed by atoms with Crippen LogP contribution in [0.3, 0.4) is 0 Å². The highest BCUT2D eigenvalue weighted by molar-refractivity contribution is 9.13. The predicted molar refractivity (Wildman–Crippen MR) is 106 cm³/mol. The molecular weight excluding hydrogens is 486 g/mol. The number of carbonyl (C=O) groups excluding carboxylic acids is 3. The molecule has 0 spiro atoms. The summed E-state index contributed by atoms with van der Waals surface area (Å²) in [6.45, 7) is 1.73. The smallest absolute Gasteiger partial charge is 0.397 e. The zero-order valence-corrected chi connectivity index (χ0v) is 17.0. The molecule has 0 fully saturated rings. The fourth-order valence-corrected chi connectivity index (χ4v) is 2.88. The number of amides is 2. The first kappa shape index (κ1) is 19.1. The maximum atomic E-state index is 12.3. The van der Waals surface area contributed by atoms with Crippen LogP contribution in [0.4, 0.5) is 11.6 Å². The van der Waals surface area contributed by atoms with E-state index in [0.29, 0.717) is 27.0 Å². The van der Waals surface area contributed by atoms with Crippen molar-refractivity contribution < 1.29 is 19.1 Å². The zero-order chi connectivity index (χ0) is 19.6. The second-order valence-electron chi connectivity index (χ2n) is 5.29. The molecule has 0 radical (unpaired) electrons. The van der Waals surface area contributed by atoms with E-state index in [1.807, 2.05) is 0 Å². The largest absolute Gasteiger partial charge is 0.459 e. The molecule has 0 aliphatic carbocycles. The Balaban J connectivity index is 1.74. The van der Waals surface area contributed by atoms with Crippen LogP contribution in [0.5, 0.6) is 0 Å². The molecule has 2 amide bonds. The molecule has 3 aromatic rings. The summed E-state index contributed by atoms with van der Waals surface area (Å²) in [7, 11) is 0. The van der Waals surface area contributed by atoms with E-state index in [2.05, 4.69) is 62.2 Å². The number of hydrogen-bond acceptors (Lipinski definition) is 5. The summed E-state index contributed by atoms with van der Waals surface area (Å²) in [6, 6.07) is 6.46. The normalized spacial score (nSPS) is 10.6. The van der Waals surface area contributed by atoms with Gasteiger partial charge < -0.3 is 20.0 Å². The summed E-state index contributed by atoms with van der Waals surface area (Å²) < 4.78 is 6.01. The molecule has 11 heteroatoms. The SMILES string of the molecule is CCOC(=O)C(=O)Nc1ccc2nc(NC(=O)c3cc(Br)c(Br)[nH]3)[nH]c2c1. The van der Waals surface area contributed by atoms with Gasteiger partial charge in [-0.25, -0.2) is 9.78 Å². The van der Waals surface area contributed by atoms with Gasteiger partial charge in [-0.15, -0.1) is 0 Å². The molecule has 2 aromatic heterocycles. The van der Waals surface area contributed by atoms with Gasteiger partial charge in [0.15, 0.2) is 0 Å². The van der Waals surface area contributed by atoms with Crippen LogP contribution in [0.1, 0.15) is 17.4 Å². The Kier molecular flexibility index (Phi) is 5.61. The summed E-state index contributed by atoms with van der Waals surface area (Å²) in [5.41, 5.74) is 1.88. The number of anilines is 2. The van der Waals surface area contributed by atoms with E-state index in [0.717, 1.165) is 4.47 Å². The molecule has 0 unspecified atom stereocenters. The average molecular weight is 499 g/mol.